The molecule has 1 saturated heterocycles. The lowest BCUT2D eigenvalue weighted by molar-refractivity contribution is -0.129. The van der Waals surface area contributed by atoms with Crippen molar-refractivity contribution in [2.24, 2.45) is 0 Å². The highest BCUT2D eigenvalue weighted by atomic mass is 35.5. The molecule has 1 fully saturated rings. The molecule has 1 aromatic heterocycles. The van der Waals surface area contributed by atoms with Crippen LogP contribution in [0.2, 0.25) is 5.28 Å². The van der Waals surface area contributed by atoms with E-state index in [9.17, 15) is 4.79 Å². The number of anilines is 2. The summed E-state index contributed by atoms with van der Waals surface area (Å²) in [7, 11) is 0. The van der Waals surface area contributed by atoms with Crippen molar-refractivity contribution in [2.45, 2.75) is 6.92 Å². The number of halogens is 1. The minimum absolute atomic E-state index is 0.0957. The van der Waals surface area contributed by atoms with Gasteiger partial charge in [-0.05, 0) is 11.6 Å². The molecular weight excluding hydrogens is 242 g/mol. The van der Waals surface area contributed by atoms with E-state index in [-0.39, 0.29) is 11.2 Å². The van der Waals surface area contributed by atoms with Gasteiger partial charge >= 0.3 is 0 Å². The maximum atomic E-state index is 11.2. The molecule has 0 unspecified atom stereocenters. The highest BCUT2D eigenvalue weighted by molar-refractivity contribution is 6.28. The summed E-state index contributed by atoms with van der Waals surface area (Å²) in [5.74, 6) is 0.742. The first-order chi connectivity index (χ1) is 8.08. The number of nitrogen functional groups attached to an aromatic ring is 1. The van der Waals surface area contributed by atoms with Crippen molar-refractivity contribution in [1.82, 2.24) is 14.9 Å². The van der Waals surface area contributed by atoms with Gasteiger partial charge in [0.25, 0.3) is 0 Å². The summed E-state index contributed by atoms with van der Waals surface area (Å²) < 4.78 is 0. The molecule has 1 aliphatic rings. The zero-order chi connectivity index (χ0) is 12.4. The van der Waals surface area contributed by atoms with Gasteiger partial charge < -0.3 is 15.5 Å². The van der Waals surface area contributed by atoms with Gasteiger partial charge in [0.1, 0.15) is 0 Å². The zero-order valence-electron chi connectivity index (χ0n) is 9.56. The van der Waals surface area contributed by atoms with Gasteiger partial charge in [0, 0.05) is 33.1 Å². The topological polar surface area (TPSA) is 75.4 Å². The second-order valence-electron chi connectivity index (χ2n) is 3.91. The van der Waals surface area contributed by atoms with Crippen molar-refractivity contribution in [3.05, 3.63) is 11.5 Å². The number of aromatic nitrogens is 2. The Morgan fingerprint density at radius 2 is 2.06 bits per heavy atom. The Hall–Kier alpha value is -1.56. The monoisotopic (exact) mass is 255 g/mol. The highest BCUT2D eigenvalue weighted by Gasteiger charge is 2.21. The average molecular weight is 256 g/mol. The highest BCUT2D eigenvalue weighted by Crippen LogP contribution is 2.22. The molecule has 0 aromatic carbocycles. The van der Waals surface area contributed by atoms with Crippen LogP contribution in [0.1, 0.15) is 6.92 Å². The number of nitrogens with two attached hydrogens (primary N) is 1. The normalized spacial score (nSPS) is 16.1. The number of hydrogen-bond donors (Lipinski definition) is 1. The number of rotatable bonds is 1. The molecule has 17 heavy (non-hydrogen) atoms. The largest absolute Gasteiger partial charge is 0.394 e. The molecule has 0 saturated carbocycles. The Balaban J connectivity index is 2.10. The molecular formula is C10H14ClN5O. The van der Waals surface area contributed by atoms with Crippen LogP contribution < -0.4 is 10.6 Å². The molecule has 0 atom stereocenters. The molecule has 7 heteroatoms. The maximum Gasteiger partial charge on any atom is 0.224 e. The number of carbonyl (C=O) groups is 1. The van der Waals surface area contributed by atoms with Gasteiger partial charge in [-0.3, -0.25) is 4.79 Å². The molecule has 1 amide bonds. The van der Waals surface area contributed by atoms with Crippen molar-refractivity contribution >= 4 is 29.0 Å². The number of hydrogen-bond acceptors (Lipinski definition) is 5. The summed E-state index contributed by atoms with van der Waals surface area (Å²) in [4.78, 5) is 22.9. The Morgan fingerprint density at radius 1 is 1.41 bits per heavy atom. The lowest BCUT2D eigenvalue weighted by Gasteiger charge is -2.35. The maximum absolute atomic E-state index is 11.2. The fraction of sp³-hybridized carbons (Fsp3) is 0.500. The van der Waals surface area contributed by atoms with Crippen LogP contribution in [0.5, 0.6) is 0 Å². The smallest absolute Gasteiger partial charge is 0.224 e. The molecule has 0 aliphatic carbocycles. The minimum Gasteiger partial charge on any atom is -0.394 e. The standard InChI is InChI=1S/C10H14ClN5O/c1-7(17)15-2-4-16(5-3-15)9-8(12)6-13-10(11)14-9/h6H,2-5,12H2,1H3. The number of piperazine rings is 1. The van der Waals surface area contributed by atoms with Crippen LogP contribution in [0.3, 0.4) is 0 Å². The predicted molar refractivity (Wildman–Crippen MR) is 65.9 cm³/mol. The Bertz CT molecular complexity index is 431. The first-order valence-corrected chi connectivity index (χ1v) is 5.74. The molecule has 1 aromatic rings. The fourth-order valence-corrected chi connectivity index (χ4v) is 1.98. The molecule has 0 bridgehead atoms. The van der Waals surface area contributed by atoms with Crippen LogP contribution in [0.15, 0.2) is 6.20 Å². The number of amides is 1. The van der Waals surface area contributed by atoms with E-state index in [1.54, 1.807) is 11.8 Å². The van der Waals surface area contributed by atoms with E-state index in [0.29, 0.717) is 37.7 Å². The third kappa shape index (κ3) is 2.58. The van der Waals surface area contributed by atoms with E-state index >= 15 is 0 Å². The minimum atomic E-state index is 0.0957. The number of nitrogens with zero attached hydrogens (tertiary/aromatic N) is 4. The van der Waals surface area contributed by atoms with Crippen LogP contribution in [0.25, 0.3) is 0 Å². The van der Waals surface area contributed by atoms with Gasteiger partial charge in [-0.25, -0.2) is 4.98 Å². The summed E-state index contributed by atoms with van der Waals surface area (Å²) >= 11 is 5.75. The molecule has 1 aliphatic heterocycles. The Kier molecular flexibility index (Phi) is 3.33. The van der Waals surface area contributed by atoms with Crippen molar-refractivity contribution in [1.29, 1.82) is 0 Å². The fourth-order valence-electron chi connectivity index (χ4n) is 1.85. The van der Waals surface area contributed by atoms with E-state index in [1.165, 1.54) is 6.20 Å². The molecule has 2 N–H and O–H groups in total. The van der Waals surface area contributed by atoms with E-state index in [0.717, 1.165) is 0 Å². The lowest BCUT2D eigenvalue weighted by Crippen LogP contribution is -2.48. The van der Waals surface area contributed by atoms with Gasteiger partial charge in [0.2, 0.25) is 11.2 Å². The van der Waals surface area contributed by atoms with E-state index in [1.807, 2.05) is 4.90 Å². The molecule has 2 heterocycles. The lowest BCUT2D eigenvalue weighted by atomic mass is 10.3. The first kappa shape index (κ1) is 11.9. The van der Waals surface area contributed by atoms with Crippen LogP contribution in [-0.4, -0.2) is 47.0 Å². The molecule has 6 nitrogen and oxygen atoms in total. The summed E-state index contributed by atoms with van der Waals surface area (Å²) in [6.45, 7) is 4.34. The average Bonchev–Trinajstić information content (AvgIpc) is 2.32. The van der Waals surface area contributed by atoms with Crippen LogP contribution >= 0.6 is 11.6 Å². The SMILES string of the molecule is CC(=O)N1CCN(c2nc(Cl)ncc2N)CC1. The second-order valence-corrected chi connectivity index (χ2v) is 4.25. The molecule has 0 radical (unpaired) electrons. The Labute approximate surface area is 104 Å². The summed E-state index contributed by atoms with van der Waals surface area (Å²) in [5, 5.41) is 0.184. The van der Waals surface area contributed by atoms with Crippen molar-refractivity contribution in [2.75, 3.05) is 36.8 Å². The summed E-state index contributed by atoms with van der Waals surface area (Å²) in [6, 6.07) is 0. The molecule has 2 rings (SSSR count). The van der Waals surface area contributed by atoms with Crippen molar-refractivity contribution < 1.29 is 4.79 Å². The van der Waals surface area contributed by atoms with Crippen LogP contribution in [-0.2, 0) is 4.79 Å². The van der Waals surface area contributed by atoms with Crippen molar-refractivity contribution in [3.8, 4) is 0 Å². The molecule has 0 spiro atoms. The van der Waals surface area contributed by atoms with Crippen molar-refractivity contribution in [3.63, 3.8) is 0 Å². The van der Waals surface area contributed by atoms with Gasteiger partial charge in [-0.15, -0.1) is 0 Å². The number of carbonyl (C=O) groups excluding carboxylic acids is 1. The van der Waals surface area contributed by atoms with Crippen LogP contribution in [0, 0.1) is 0 Å². The van der Waals surface area contributed by atoms with E-state index < -0.39 is 0 Å². The predicted octanol–water partition coefficient (Wildman–Crippen LogP) is 0.381. The molecule has 92 valence electrons. The second kappa shape index (κ2) is 4.75. The van der Waals surface area contributed by atoms with Gasteiger partial charge in [0.05, 0.1) is 11.9 Å². The quantitative estimate of drug-likeness (QED) is 0.735. The van der Waals surface area contributed by atoms with E-state index in [2.05, 4.69) is 9.97 Å². The van der Waals surface area contributed by atoms with E-state index in [4.69, 9.17) is 17.3 Å². The Morgan fingerprint density at radius 3 is 2.65 bits per heavy atom. The zero-order valence-corrected chi connectivity index (χ0v) is 10.3. The summed E-state index contributed by atoms with van der Waals surface area (Å²) in [6.07, 6.45) is 1.50. The summed E-state index contributed by atoms with van der Waals surface area (Å²) in [5.41, 5.74) is 6.31. The first-order valence-electron chi connectivity index (χ1n) is 5.36. The third-order valence-corrected chi connectivity index (χ3v) is 2.97. The van der Waals surface area contributed by atoms with Crippen LogP contribution in [0.4, 0.5) is 11.5 Å². The van der Waals surface area contributed by atoms with Gasteiger partial charge in [0.15, 0.2) is 5.82 Å². The third-order valence-electron chi connectivity index (χ3n) is 2.79. The van der Waals surface area contributed by atoms with Gasteiger partial charge in [-0.1, -0.05) is 0 Å². The van der Waals surface area contributed by atoms with Gasteiger partial charge in [-0.2, -0.15) is 4.98 Å².